The van der Waals surface area contributed by atoms with Gasteiger partial charge in [-0.2, -0.15) is 5.26 Å². The van der Waals surface area contributed by atoms with Crippen LogP contribution in [0.25, 0.3) is 27.8 Å². The average molecular weight is 353 g/mol. The van der Waals surface area contributed by atoms with Gasteiger partial charge in [0, 0.05) is 5.56 Å². The molecule has 4 aromatic rings. The summed E-state index contributed by atoms with van der Waals surface area (Å²) in [6, 6.07) is 23.8. The molecule has 0 radical (unpaired) electrons. The third kappa shape index (κ3) is 2.99. The standard InChI is InChI=1S/C23H19N3O/c1-23(2,27)17-11-12-22-20(13-17)25-15-26(22)21-10-6-9-18(19(21)14-24)16-7-4-3-5-8-16/h3-13,15,27H,1-2H3. The third-order valence-electron chi connectivity index (χ3n) is 4.75. The van der Waals surface area contributed by atoms with Gasteiger partial charge in [-0.05, 0) is 43.2 Å². The number of aromatic nitrogens is 2. The van der Waals surface area contributed by atoms with E-state index in [0.717, 1.165) is 33.4 Å². The molecule has 4 nitrogen and oxygen atoms in total. The van der Waals surface area contributed by atoms with E-state index in [1.54, 1.807) is 20.2 Å². The summed E-state index contributed by atoms with van der Waals surface area (Å²) >= 11 is 0. The largest absolute Gasteiger partial charge is 0.386 e. The zero-order chi connectivity index (χ0) is 19.0. The van der Waals surface area contributed by atoms with E-state index in [9.17, 15) is 10.4 Å². The SMILES string of the molecule is CC(C)(O)c1ccc2c(c1)ncn2-c1cccc(-c2ccccc2)c1C#N. The lowest BCUT2D eigenvalue weighted by atomic mass is 9.97. The number of hydrogen-bond donors (Lipinski definition) is 1. The first kappa shape index (κ1) is 17.0. The average Bonchev–Trinajstić information content (AvgIpc) is 3.10. The second-order valence-electron chi connectivity index (χ2n) is 7.05. The van der Waals surface area contributed by atoms with Crippen molar-refractivity contribution in [2.24, 2.45) is 0 Å². The van der Waals surface area contributed by atoms with E-state index in [0.29, 0.717) is 5.56 Å². The van der Waals surface area contributed by atoms with Gasteiger partial charge in [-0.15, -0.1) is 0 Å². The van der Waals surface area contributed by atoms with Crippen LogP contribution in [0.1, 0.15) is 25.0 Å². The van der Waals surface area contributed by atoms with Crippen LogP contribution in [0.15, 0.2) is 73.1 Å². The molecule has 0 bridgehead atoms. The maximum absolute atomic E-state index is 10.2. The molecule has 0 amide bonds. The third-order valence-corrected chi connectivity index (χ3v) is 4.75. The van der Waals surface area contributed by atoms with Gasteiger partial charge in [-0.1, -0.05) is 48.5 Å². The highest BCUT2D eigenvalue weighted by atomic mass is 16.3. The van der Waals surface area contributed by atoms with Crippen molar-refractivity contribution in [1.29, 1.82) is 5.26 Å². The minimum Gasteiger partial charge on any atom is -0.386 e. The van der Waals surface area contributed by atoms with Crippen LogP contribution in [0.3, 0.4) is 0 Å². The summed E-state index contributed by atoms with van der Waals surface area (Å²) in [5, 5.41) is 20.1. The maximum atomic E-state index is 10.2. The van der Waals surface area contributed by atoms with Crippen LogP contribution >= 0.6 is 0 Å². The summed E-state index contributed by atoms with van der Waals surface area (Å²) in [5.41, 5.74) is 4.84. The van der Waals surface area contributed by atoms with Gasteiger partial charge in [0.15, 0.2) is 0 Å². The molecule has 0 aliphatic rings. The Bertz CT molecular complexity index is 1160. The Hall–Kier alpha value is -3.42. The number of aliphatic hydroxyl groups is 1. The number of nitriles is 1. The number of benzene rings is 3. The molecule has 4 heteroatoms. The lowest BCUT2D eigenvalue weighted by molar-refractivity contribution is 0.0787. The lowest BCUT2D eigenvalue weighted by Crippen LogP contribution is -2.15. The molecule has 0 saturated carbocycles. The minimum absolute atomic E-state index is 0.606. The highest BCUT2D eigenvalue weighted by Crippen LogP contribution is 2.30. The first-order valence-corrected chi connectivity index (χ1v) is 8.78. The molecule has 1 aromatic heterocycles. The van der Waals surface area contributed by atoms with Gasteiger partial charge in [-0.3, -0.25) is 4.57 Å². The van der Waals surface area contributed by atoms with Crippen molar-refractivity contribution in [3.05, 3.63) is 84.2 Å². The zero-order valence-corrected chi connectivity index (χ0v) is 15.2. The summed E-state index contributed by atoms with van der Waals surface area (Å²) in [6.07, 6.45) is 1.73. The Balaban J connectivity index is 1.91. The molecule has 0 aliphatic carbocycles. The fraction of sp³-hybridized carbons (Fsp3) is 0.130. The topological polar surface area (TPSA) is 61.8 Å². The Morgan fingerprint density at radius 1 is 1.00 bits per heavy atom. The predicted molar refractivity (Wildman–Crippen MR) is 106 cm³/mol. The molecule has 1 N–H and O–H groups in total. The summed E-state index contributed by atoms with van der Waals surface area (Å²) in [7, 11) is 0. The first-order valence-electron chi connectivity index (χ1n) is 8.78. The van der Waals surface area contributed by atoms with E-state index in [1.165, 1.54) is 0 Å². The Kier molecular flexibility index (Phi) is 4.02. The number of imidazole rings is 1. The maximum Gasteiger partial charge on any atom is 0.102 e. The smallest absolute Gasteiger partial charge is 0.102 e. The Morgan fingerprint density at radius 2 is 1.78 bits per heavy atom. The predicted octanol–water partition coefficient (Wildman–Crippen LogP) is 4.79. The summed E-state index contributed by atoms with van der Waals surface area (Å²) < 4.78 is 1.93. The lowest BCUT2D eigenvalue weighted by Gasteiger charge is -2.17. The van der Waals surface area contributed by atoms with Crippen molar-refractivity contribution in [3.8, 4) is 22.9 Å². The fourth-order valence-corrected chi connectivity index (χ4v) is 3.30. The number of nitrogens with zero attached hydrogens (tertiary/aromatic N) is 3. The summed E-state index contributed by atoms with van der Waals surface area (Å²) in [5.74, 6) is 0. The molecule has 3 aromatic carbocycles. The highest BCUT2D eigenvalue weighted by Gasteiger charge is 2.18. The van der Waals surface area contributed by atoms with Crippen molar-refractivity contribution < 1.29 is 5.11 Å². The molecular weight excluding hydrogens is 334 g/mol. The van der Waals surface area contributed by atoms with Crippen molar-refractivity contribution in [1.82, 2.24) is 9.55 Å². The van der Waals surface area contributed by atoms with Crippen LogP contribution in [0, 0.1) is 11.3 Å². The van der Waals surface area contributed by atoms with Crippen molar-refractivity contribution >= 4 is 11.0 Å². The van der Waals surface area contributed by atoms with Gasteiger partial charge < -0.3 is 5.11 Å². The van der Waals surface area contributed by atoms with Crippen molar-refractivity contribution in [2.75, 3.05) is 0 Å². The van der Waals surface area contributed by atoms with Gasteiger partial charge in [0.1, 0.15) is 12.4 Å². The minimum atomic E-state index is -0.928. The Morgan fingerprint density at radius 3 is 2.48 bits per heavy atom. The fourth-order valence-electron chi connectivity index (χ4n) is 3.30. The molecule has 132 valence electrons. The molecule has 0 fully saturated rings. The van der Waals surface area contributed by atoms with Crippen LogP contribution in [-0.4, -0.2) is 14.7 Å². The summed E-state index contributed by atoms with van der Waals surface area (Å²) in [6.45, 7) is 3.50. The number of fused-ring (bicyclic) bond motifs is 1. The second kappa shape index (κ2) is 6.39. The van der Waals surface area contributed by atoms with Crippen LogP contribution in [-0.2, 0) is 5.60 Å². The van der Waals surface area contributed by atoms with E-state index >= 15 is 0 Å². The van der Waals surface area contributed by atoms with Gasteiger partial charge in [0.05, 0.1) is 27.9 Å². The highest BCUT2D eigenvalue weighted by molar-refractivity contribution is 5.81. The normalized spacial score (nSPS) is 11.5. The van der Waals surface area contributed by atoms with Crippen molar-refractivity contribution in [3.63, 3.8) is 0 Å². The molecular formula is C23H19N3O. The number of rotatable bonds is 3. The molecule has 4 rings (SSSR count). The second-order valence-corrected chi connectivity index (χ2v) is 7.05. The van der Waals surface area contributed by atoms with Crippen molar-refractivity contribution in [2.45, 2.75) is 19.4 Å². The molecule has 0 atom stereocenters. The molecule has 0 saturated heterocycles. The Labute approximate surface area is 158 Å². The summed E-state index contributed by atoms with van der Waals surface area (Å²) in [4.78, 5) is 4.49. The molecule has 0 unspecified atom stereocenters. The van der Waals surface area contributed by atoms with E-state index < -0.39 is 5.60 Å². The van der Waals surface area contributed by atoms with Gasteiger partial charge in [-0.25, -0.2) is 4.98 Å². The van der Waals surface area contributed by atoms with Crippen LogP contribution in [0.4, 0.5) is 0 Å². The molecule has 27 heavy (non-hydrogen) atoms. The first-order chi connectivity index (χ1) is 13.0. The van der Waals surface area contributed by atoms with Gasteiger partial charge >= 0.3 is 0 Å². The quantitative estimate of drug-likeness (QED) is 0.576. The molecule has 0 aliphatic heterocycles. The van der Waals surface area contributed by atoms with E-state index in [1.807, 2.05) is 71.3 Å². The van der Waals surface area contributed by atoms with E-state index in [4.69, 9.17) is 0 Å². The molecule has 0 spiro atoms. The zero-order valence-electron chi connectivity index (χ0n) is 15.2. The van der Waals surface area contributed by atoms with Crippen LogP contribution in [0.5, 0.6) is 0 Å². The molecule has 1 heterocycles. The van der Waals surface area contributed by atoms with Gasteiger partial charge in [0.2, 0.25) is 0 Å². The van der Waals surface area contributed by atoms with E-state index in [2.05, 4.69) is 11.1 Å². The van der Waals surface area contributed by atoms with Crippen LogP contribution < -0.4 is 0 Å². The van der Waals surface area contributed by atoms with Crippen LogP contribution in [0.2, 0.25) is 0 Å². The van der Waals surface area contributed by atoms with Gasteiger partial charge in [0.25, 0.3) is 0 Å². The number of hydrogen-bond acceptors (Lipinski definition) is 3. The monoisotopic (exact) mass is 353 g/mol. The van der Waals surface area contributed by atoms with E-state index in [-0.39, 0.29) is 0 Å².